The maximum absolute atomic E-state index is 6.03. The molecule has 3 nitrogen and oxygen atoms in total. The van der Waals surface area contributed by atoms with Crippen molar-refractivity contribution in [3.63, 3.8) is 0 Å². The highest BCUT2D eigenvalue weighted by molar-refractivity contribution is 4.99. The average Bonchev–Trinajstić information content (AvgIpc) is 2.76. The molecule has 0 aliphatic heterocycles. The Morgan fingerprint density at radius 3 is 2.65 bits per heavy atom. The smallest absolute Gasteiger partial charge is 0.0624 e. The average molecular weight is 237 g/mol. The summed E-state index contributed by atoms with van der Waals surface area (Å²) >= 11 is 0. The number of nitrogens with zero attached hydrogens (tertiary/aromatic N) is 2. The van der Waals surface area contributed by atoms with E-state index in [1.807, 2.05) is 0 Å². The third kappa shape index (κ3) is 4.50. The molecule has 2 atom stereocenters. The highest BCUT2D eigenvalue weighted by Gasteiger charge is 2.08. The maximum atomic E-state index is 6.03. The van der Waals surface area contributed by atoms with E-state index in [-0.39, 0.29) is 0 Å². The summed E-state index contributed by atoms with van der Waals surface area (Å²) < 4.78 is 2.07. The van der Waals surface area contributed by atoms with Crippen LogP contribution in [0.5, 0.6) is 0 Å². The summed E-state index contributed by atoms with van der Waals surface area (Å²) in [5.41, 5.74) is 7.23. The summed E-state index contributed by atoms with van der Waals surface area (Å²) in [7, 11) is 0. The minimum atomic E-state index is 0.326. The van der Waals surface area contributed by atoms with Gasteiger partial charge in [0.05, 0.1) is 5.69 Å². The molecule has 0 aromatic carbocycles. The molecular weight excluding hydrogens is 210 g/mol. The van der Waals surface area contributed by atoms with Crippen molar-refractivity contribution in [3.05, 3.63) is 18.0 Å². The molecule has 0 spiro atoms. The molecule has 1 aromatic heterocycles. The highest BCUT2D eigenvalue weighted by Crippen LogP contribution is 2.12. The van der Waals surface area contributed by atoms with E-state index in [4.69, 9.17) is 5.73 Å². The number of hydrogen-bond donors (Lipinski definition) is 1. The van der Waals surface area contributed by atoms with Crippen LogP contribution in [-0.2, 0) is 6.42 Å². The van der Waals surface area contributed by atoms with Crippen LogP contribution in [0.3, 0.4) is 0 Å². The predicted octanol–water partition coefficient (Wildman–Crippen LogP) is 3.16. The second kappa shape index (κ2) is 6.80. The third-order valence-corrected chi connectivity index (χ3v) is 3.53. The maximum Gasteiger partial charge on any atom is 0.0624 e. The molecule has 1 aromatic rings. The first-order valence-electron chi connectivity index (χ1n) is 6.84. The lowest BCUT2D eigenvalue weighted by Gasteiger charge is -2.14. The summed E-state index contributed by atoms with van der Waals surface area (Å²) in [6.07, 6.45) is 6.49. The van der Waals surface area contributed by atoms with Gasteiger partial charge in [0.2, 0.25) is 0 Å². The molecule has 0 bridgehead atoms. The van der Waals surface area contributed by atoms with Crippen LogP contribution in [0.2, 0.25) is 0 Å². The molecule has 17 heavy (non-hydrogen) atoms. The van der Waals surface area contributed by atoms with Gasteiger partial charge in [-0.1, -0.05) is 20.8 Å². The molecule has 0 aliphatic carbocycles. The topological polar surface area (TPSA) is 43.8 Å². The quantitative estimate of drug-likeness (QED) is 0.791. The molecule has 2 N–H and O–H groups in total. The van der Waals surface area contributed by atoms with Crippen LogP contribution in [0.15, 0.2) is 12.3 Å². The van der Waals surface area contributed by atoms with E-state index >= 15 is 0 Å². The van der Waals surface area contributed by atoms with Gasteiger partial charge in [-0.3, -0.25) is 4.68 Å². The molecule has 0 saturated carbocycles. The Labute approximate surface area is 105 Å². The first-order valence-corrected chi connectivity index (χ1v) is 6.84. The molecule has 1 rings (SSSR count). The van der Waals surface area contributed by atoms with E-state index < -0.39 is 0 Å². The van der Waals surface area contributed by atoms with Gasteiger partial charge in [0.1, 0.15) is 0 Å². The van der Waals surface area contributed by atoms with Crippen molar-refractivity contribution in [1.82, 2.24) is 9.78 Å². The van der Waals surface area contributed by atoms with Gasteiger partial charge in [0.25, 0.3) is 0 Å². The molecule has 0 fully saturated rings. The Hall–Kier alpha value is -0.830. The van der Waals surface area contributed by atoms with E-state index in [1.54, 1.807) is 0 Å². The Balaban J connectivity index is 2.35. The lowest BCUT2D eigenvalue weighted by molar-refractivity contribution is 0.447. The van der Waals surface area contributed by atoms with Gasteiger partial charge < -0.3 is 5.73 Å². The molecule has 0 saturated heterocycles. The summed E-state index contributed by atoms with van der Waals surface area (Å²) in [6.45, 7) is 8.75. The van der Waals surface area contributed by atoms with Crippen molar-refractivity contribution >= 4 is 0 Å². The minimum Gasteiger partial charge on any atom is -0.327 e. The van der Waals surface area contributed by atoms with Crippen molar-refractivity contribution in [2.24, 2.45) is 11.7 Å². The van der Waals surface area contributed by atoms with Gasteiger partial charge in [0.15, 0.2) is 0 Å². The Kier molecular flexibility index (Phi) is 5.69. The monoisotopic (exact) mass is 237 g/mol. The van der Waals surface area contributed by atoms with Crippen molar-refractivity contribution in [1.29, 1.82) is 0 Å². The summed E-state index contributed by atoms with van der Waals surface area (Å²) in [4.78, 5) is 0. The van der Waals surface area contributed by atoms with Crippen LogP contribution in [0.4, 0.5) is 0 Å². The first kappa shape index (κ1) is 14.2. The largest absolute Gasteiger partial charge is 0.327 e. The predicted molar refractivity (Wildman–Crippen MR) is 73.0 cm³/mol. The molecule has 3 heteroatoms. The standard InChI is InChI=1S/C14H27N3/c1-5-12(4)17-10-9-13(16-17)7-6-8-14(15)11(2)3/h9-12,14H,5-8,15H2,1-4H3. The van der Waals surface area contributed by atoms with Gasteiger partial charge in [-0.25, -0.2) is 0 Å². The normalized spacial score (nSPS) is 15.2. The summed E-state index contributed by atoms with van der Waals surface area (Å²) in [5, 5.41) is 4.60. The van der Waals surface area contributed by atoms with Crippen molar-refractivity contribution in [2.45, 2.75) is 65.5 Å². The number of rotatable bonds is 7. The van der Waals surface area contributed by atoms with Gasteiger partial charge in [0, 0.05) is 18.3 Å². The number of aryl methyl sites for hydroxylation is 1. The summed E-state index contributed by atoms with van der Waals surface area (Å²) in [5.74, 6) is 0.577. The van der Waals surface area contributed by atoms with Crippen molar-refractivity contribution in [3.8, 4) is 0 Å². The Morgan fingerprint density at radius 1 is 1.35 bits per heavy atom. The molecule has 1 heterocycles. The van der Waals surface area contributed by atoms with E-state index in [0.717, 1.165) is 25.7 Å². The zero-order valence-electron chi connectivity index (χ0n) is 11.7. The van der Waals surface area contributed by atoms with E-state index in [0.29, 0.717) is 18.0 Å². The third-order valence-electron chi connectivity index (χ3n) is 3.53. The minimum absolute atomic E-state index is 0.326. The lowest BCUT2D eigenvalue weighted by Crippen LogP contribution is -2.26. The molecule has 0 radical (unpaired) electrons. The Morgan fingerprint density at radius 2 is 2.06 bits per heavy atom. The van der Waals surface area contributed by atoms with Gasteiger partial charge in [-0.05, 0) is 44.6 Å². The van der Waals surface area contributed by atoms with E-state index in [1.165, 1.54) is 5.69 Å². The van der Waals surface area contributed by atoms with Crippen LogP contribution < -0.4 is 5.73 Å². The molecule has 2 unspecified atom stereocenters. The Bertz CT molecular complexity index is 317. The SMILES string of the molecule is CCC(C)n1ccc(CCCC(N)C(C)C)n1. The summed E-state index contributed by atoms with van der Waals surface area (Å²) in [6, 6.07) is 2.96. The lowest BCUT2D eigenvalue weighted by atomic mass is 9.99. The molecular formula is C14H27N3. The van der Waals surface area contributed by atoms with Crippen molar-refractivity contribution in [2.75, 3.05) is 0 Å². The first-order chi connectivity index (χ1) is 8.04. The van der Waals surface area contributed by atoms with E-state index in [9.17, 15) is 0 Å². The zero-order chi connectivity index (χ0) is 12.8. The number of nitrogens with two attached hydrogens (primary N) is 1. The van der Waals surface area contributed by atoms with Crippen LogP contribution >= 0.6 is 0 Å². The second-order valence-corrected chi connectivity index (χ2v) is 5.34. The van der Waals surface area contributed by atoms with Gasteiger partial charge in [-0.2, -0.15) is 5.10 Å². The van der Waals surface area contributed by atoms with E-state index in [2.05, 4.69) is 49.7 Å². The fourth-order valence-electron chi connectivity index (χ4n) is 1.80. The number of aromatic nitrogens is 2. The fraction of sp³-hybridized carbons (Fsp3) is 0.786. The van der Waals surface area contributed by atoms with Gasteiger partial charge in [-0.15, -0.1) is 0 Å². The molecule has 0 amide bonds. The van der Waals surface area contributed by atoms with Crippen molar-refractivity contribution < 1.29 is 0 Å². The van der Waals surface area contributed by atoms with Crippen LogP contribution in [0.25, 0.3) is 0 Å². The van der Waals surface area contributed by atoms with Crippen LogP contribution in [-0.4, -0.2) is 15.8 Å². The fourth-order valence-corrected chi connectivity index (χ4v) is 1.80. The van der Waals surface area contributed by atoms with Crippen LogP contribution in [0.1, 0.15) is 58.7 Å². The van der Waals surface area contributed by atoms with Gasteiger partial charge >= 0.3 is 0 Å². The highest BCUT2D eigenvalue weighted by atomic mass is 15.3. The zero-order valence-corrected chi connectivity index (χ0v) is 11.7. The number of hydrogen-bond acceptors (Lipinski definition) is 2. The molecule has 98 valence electrons. The molecule has 0 aliphatic rings. The van der Waals surface area contributed by atoms with Crippen LogP contribution in [0, 0.1) is 5.92 Å². The second-order valence-electron chi connectivity index (χ2n) is 5.34.